The second-order valence-electron chi connectivity index (χ2n) is 6.02. The molecule has 0 bridgehead atoms. The maximum atomic E-state index is 12.3. The van der Waals surface area contributed by atoms with Crippen molar-refractivity contribution >= 4 is 23.0 Å². The molecule has 0 aliphatic rings. The number of aromatic nitrogens is 1. The molecule has 0 spiro atoms. The summed E-state index contributed by atoms with van der Waals surface area (Å²) >= 11 is 0. The molecular weight excluding hydrogens is 338 g/mol. The standard InChI is InChI=1S/C22H23N3O2/c1-3-16-5-7-17(8-6-16)24-19-11-14-21(23-15-19)22(26)25-18-9-12-20(13-10-18)27-4-2/h5-15,24H,3-4H2,1-2H3,(H,25,26). The minimum absolute atomic E-state index is 0.252. The van der Waals surface area contributed by atoms with Crippen LogP contribution in [0.25, 0.3) is 0 Å². The first-order valence-corrected chi connectivity index (χ1v) is 9.04. The van der Waals surface area contributed by atoms with E-state index in [0.29, 0.717) is 18.0 Å². The smallest absolute Gasteiger partial charge is 0.274 e. The van der Waals surface area contributed by atoms with Gasteiger partial charge in [-0.15, -0.1) is 0 Å². The van der Waals surface area contributed by atoms with Crippen molar-refractivity contribution < 1.29 is 9.53 Å². The van der Waals surface area contributed by atoms with E-state index >= 15 is 0 Å². The molecule has 1 heterocycles. The van der Waals surface area contributed by atoms with Gasteiger partial charge in [0.15, 0.2) is 0 Å². The van der Waals surface area contributed by atoms with Crippen molar-refractivity contribution in [2.24, 2.45) is 0 Å². The maximum Gasteiger partial charge on any atom is 0.274 e. The lowest BCUT2D eigenvalue weighted by Crippen LogP contribution is -2.13. The summed E-state index contributed by atoms with van der Waals surface area (Å²) in [5.41, 5.74) is 4.16. The molecule has 5 heteroatoms. The Hall–Kier alpha value is -3.34. The van der Waals surface area contributed by atoms with E-state index in [-0.39, 0.29) is 5.91 Å². The van der Waals surface area contributed by atoms with E-state index in [4.69, 9.17) is 4.74 Å². The first-order chi connectivity index (χ1) is 13.2. The summed E-state index contributed by atoms with van der Waals surface area (Å²) in [6, 6.07) is 19.0. The Labute approximate surface area is 159 Å². The average Bonchev–Trinajstić information content (AvgIpc) is 2.71. The number of carbonyl (C=O) groups is 1. The molecule has 138 valence electrons. The number of amides is 1. The number of pyridine rings is 1. The van der Waals surface area contributed by atoms with Crippen LogP contribution in [0.15, 0.2) is 66.9 Å². The summed E-state index contributed by atoms with van der Waals surface area (Å²) in [6.07, 6.45) is 2.67. The van der Waals surface area contributed by atoms with Gasteiger partial charge in [-0.25, -0.2) is 4.98 Å². The molecule has 0 saturated heterocycles. The predicted molar refractivity (Wildman–Crippen MR) is 109 cm³/mol. The molecule has 0 saturated carbocycles. The van der Waals surface area contributed by atoms with Crippen molar-refractivity contribution in [3.63, 3.8) is 0 Å². The molecule has 0 radical (unpaired) electrons. The molecule has 1 amide bonds. The first-order valence-electron chi connectivity index (χ1n) is 9.04. The molecule has 0 atom stereocenters. The summed E-state index contributed by atoms with van der Waals surface area (Å²) in [5.74, 6) is 0.522. The molecule has 27 heavy (non-hydrogen) atoms. The largest absolute Gasteiger partial charge is 0.494 e. The van der Waals surface area contributed by atoms with E-state index in [0.717, 1.165) is 23.5 Å². The average molecular weight is 361 g/mol. The third-order valence-corrected chi connectivity index (χ3v) is 4.07. The lowest BCUT2D eigenvalue weighted by Gasteiger charge is -2.09. The Balaban J connectivity index is 1.60. The zero-order chi connectivity index (χ0) is 19.1. The molecule has 0 aliphatic carbocycles. The van der Waals surface area contributed by atoms with Crippen LogP contribution in [0.1, 0.15) is 29.9 Å². The van der Waals surface area contributed by atoms with Crippen LogP contribution in [-0.2, 0) is 6.42 Å². The van der Waals surface area contributed by atoms with Crippen LogP contribution < -0.4 is 15.4 Å². The van der Waals surface area contributed by atoms with Crippen LogP contribution in [0.3, 0.4) is 0 Å². The monoisotopic (exact) mass is 361 g/mol. The van der Waals surface area contributed by atoms with Crippen LogP contribution in [0.4, 0.5) is 17.1 Å². The molecule has 3 rings (SSSR count). The Morgan fingerprint density at radius 2 is 1.56 bits per heavy atom. The minimum atomic E-state index is -0.252. The number of rotatable bonds is 7. The molecule has 0 fully saturated rings. The molecule has 0 aliphatic heterocycles. The summed E-state index contributed by atoms with van der Waals surface area (Å²) < 4.78 is 5.39. The van der Waals surface area contributed by atoms with Crippen LogP contribution in [0.5, 0.6) is 5.75 Å². The van der Waals surface area contributed by atoms with Gasteiger partial charge in [-0.2, -0.15) is 0 Å². The van der Waals surface area contributed by atoms with Gasteiger partial charge in [-0.3, -0.25) is 4.79 Å². The number of anilines is 3. The van der Waals surface area contributed by atoms with Crippen LogP contribution >= 0.6 is 0 Å². The fourth-order valence-corrected chi connectivity index (χ4v) is 2.59. The second kappa shape index (κ2) is 8.85. The number of aryl methyl sites for hydroxylation is 1. The number of hydrogen-bond acceptors (Lipinski definition) is 4. The van der Waals surface area contributed by atoms with E-state index in [1.165, 1.54) is 5.56 Å². The highest BCUT2D eigenvalue weighted by atomic mass is 16.5. The van der Waals surface area contributed by atoms with Crippen molar-refractivity contribution in [1.82, 2.24) is 4.98 Å². The van der Waals surface area contributed by atoms with E-state index in [9.17, 15) is 4.79 Å². The highest BCUT2D eigenvalue weighted by molar-refractivity contribution is 6.03. The summed E-state index contributed by atoms with van der Waals surface area (Å²) in [4.78, 5) is 16.6. The Kier molecular flexibility index (Phi) is 6.05. The number of nitrogens with zero attached hydrogens (tertiary/aromatic N) is 1. The molecule has 0 unspecified atom stereocenters. The summed E-state index contributed by atoms with van der Waals surface area (Å²) in [7, 11) is 0. The number of nitrogens with one attached hydrogen (secondary N) is 2. The van der Waals surface area contributed by atoms with Gasteiger partial charge < -0.3 is 15.4 Å². The fraction of sp³-hybridized carbons (Fsp3) is 0.182. The first kappa shape index (κ1) is 18.5. The maximum absolute atomic E-state index is 12.3. The van der Waals surface area contributed by atoms with Crippen LogP contribution in [-0.4, -0.2) is 17.5 Å². The summed E-state index contributed by atoms with van der Waals surface area (Å²) in [5, 5.41) is 6.11. The lowest BCUT2D eigenvalue weighted by atomic mass is 10.1. The normalized spacial score (nSPS) is 10.3. The molecular formula is C22H23N3O2. The van der Waals surface area contributed by atoms with Crippen molar-refractivity contribution in [2.75, 3.05) is 17.2 Å². The van der Waals surface area contributed by atoms with Crippen LogP contribution in [0, 0.1) is 0 Å². The van der Waals surface area contributed by atoms with E-state index in [1.807, 2.05) is 37.3 Å². The van der Waals surface area contributed by atoms with Gasteiger partial charge in [0.25, 0.3) is 5.91 Å². The van der Waals surface area contributed by atoms with Gasteiger partial charge in [0.1, 0.15) is 11.4 Å². The van der Waals surface area contributed by atoms with Gasteiger partial charge in [0, 0.05) is 11.4 Å². The highest BCUT2D eigenvalue weighted by Gasteiger charge is 2.08. The number of hydrogen-bond donors (Lipinski definition) is 2. The molecule has 2 N–H and O–H groups in total. The Morgan fingerprint density at radius 1 is 0.889 bits per heavy atom. The van der Waals surface area contributed by atoms with Crippen molar-refractivity contribution in [3.05, 3.63) is 78.1 Å². The minimum Gasteiger partial charge on any atom is -0.494 e. The SMILES string of the molecule is CCOc1ccc(NC(=O)c2ccc(Nc3ccc(CC)cc3)cn2)cc1. The van der Waals surface area contributed by atoms with Gasteiger partial charge in [-0.1, -0.05) is 19.1 Å². The van der Waals surface area contributed by atoms with Gasteiger partial charge >= 0.3 is 0 Å². The number of carbonyl (C=O) groups excluding carboxylic acids is 1. The highest BCUT2D eigenvalue weighted by Crippen LogP contribution is 2.18. The van der Waals surface area contributed by atoms with E-state index in [2.05, 4.69) is 34.7 Å². The zero-order valence-corrected chi connectivity index (χ0v) is 15.5. The Morgan fingerprint density at radius 3 is 2.15 bits per heavy atom. The number of benzene rings is 2. The fourth-order valence-electron chi connectivity index (χ4n) is 2.59. The summed E-state index contributed by atoms with van der Waals surface area (Å²) in [6.45, 7) is 4.67. The number of ether oxygens (including phenoxy) is 1. The van der Waals surface area contributed by atoms with Crippen molar-refractivity contribution in [3.8, 4) is 5.75 Å². The van der Waals surface area contributed by atoms with E-state index in [1.54, 1.807) is 24.4 Å². The molecule has 1 aromatic heterocycles. The van der Waals surface area contributed by atoms with Crippen molar-refractivity contribution in [1.29, 1.82) is 0 Å². The molecule has 5 nitrogen and oxygen atoms in total. The topological polar surface area (TPSA) is 63.2 Å². The van der Waals surface area contributed by atoms with Gasteiger partial charge in [-0.05, 0) is 67.4 Å². The molecule has 2 aromatic carbocycles. The third-order valence-electron chi connectivity index (χ3n) is 4.07. The van der Waals surface area contributed by atoms with E-state index < -0.39 is 0 Å². The Bertz CT molecular complexity index is 873. The van der Waals surface area contributed by atoms with Gasteiger partial charge in [0.05, 0.1) is 18.5 Å². The zero-order valence-electron chi connectivity index (χ0n) is 15.5. The van der Waals surface area contributed by atoms with Crippen molar-refractivity contribution in [2.45, 2.75) is 20.3 Å². The van der Waals surface area contributed by atoms with Gasteiger partial charge in [0.2, 0.25) is 0 Å². The predicted octanol–water partition coefficient (Wildman–Crippen LogP) is 5.04. The second-order valence-corrected chi connectivity index (χ2v) is 6.02. The quantitative estimate of drug-likeness (QED) is 0.619. The van der Waals surface area contributed by atoms with Crippen LogP contribution in [0.2, 0.25) is 0 Å². The third kappa shape index (κ3) is 5.07. The molecule has 3 aromatic rings. The lowest BCUT2D eigenvalue weighted by molar-refractivity contribution is 0.102.